The highest BCUT2D eigenvalue weighted by atomic mass is 35.5. The molecule has 0 spiro atoms. The molecule has 6 heteroatoms. The Kier molecular flexibility index (Phi) is 2.94. The smallest absolute Gasteiger partial charge is 0.153 e. The number of aromatic nitrogens is 3. The zero-order valence-corrected chi connectivity index (χ0v) is 10.7. The van der Waals surface area contributed by atoms with E-state index < -0.39 is 0 Å². The van der Waals surface area contributed by atoms with Gasteiger partial charge in [-0.25, -0.2) is 4.98 Å². The zero-order valence-electron chi connectivity index (χ0n) is 9.08. The summed E-state index contributed by atoms with van der Waals surface area (Å²) in [5.41, 5.74) is 1.03. The third-order valence-electron chi connectivity index (χ3n) is 2.93. The van der Waals surface area contributed by atoms with Gasteiger partial charge >= 0.3 is 0 Å². The fraction of sp³-hybridized carbons (Fsp3) is 0.364. The van der Waals surface area contributed by atoms with Gasteiger partial charge < -0.3 is 4.90 Å². The lowest BCUT2D eigenvalue weighted by molar-refractivity contribution is 0.710. The van der Waals surface area contributed by atoms with Gasteiger partial charge in [0.2, 0.25) is 0 Å². The van der Waals surface area contributed by atoms with Crippen LogP contribution in [0.2, 0.25) is 5.15 Å². The van der Waals surface area contributed by atoms with Crippen LogP contribution in [0.1, 0.15) is 23.9 Å². The number of hydrogen-bond acceptors (Lipinski definition) is 5. The van der Waals surface area contributed by atoms with Crippen LogP contribution < -0.4 is 4.90 Å². The summed E-state index contributed by atoms with van der Waals surface area (Å²) in [6.45, 7) is 1.02. The van der Waals surface area contributed by atoms with Crippen LogP contribution in [0.5, 0.6) is 0 Å². The second kappa shape index (κ2) is 4.58. The number of hydrogen-bond donors (Lipinski definition) is 0. The Morgan fingerprint density at radius 1 is 1.47 bits per heavy atom. The van der Waals surface area contributed by atoms with E-state index in [4.69, 9.17) is 11.6 Å². The molecule has 0 aromatic carbocycles. The lowest BCUT2D eigenvalue weighted by atomic mass is 10.2. The Labute approximate surface area is 108 Å². The first-order chi connectivity index (χ1) is 8.34. The first-order valence-electron chi connectivity index (χ1n) is 5.49. The summed E-state index contributed by atoms with van der Waals surface area (Å²) in [4.78, 5) is 6.71. The summed E-state index contributed by atoms with van der Waals surface area (Å²) in [5, 5.41) is 11.3. The molecule has 3 heterocycles. The fourth-order valence-corrected chi connectivity index (χ4v) is 3.16. The second-order valence-corrected chi connectivity index (χ2v) is 5.27. The molecule has 0 saturated carbocycles. The van der Waals surface area contributed by atoms with Crippen molar-refractivity contribution in [1.29, 1.82) is 0 Å². The van der Waals surface area contributed by atoms with E-state index in [1.54, 1.807) is 17.5 Å². The van der Waals surface area contributed by atoms with Crippen LogP contribution in [0.25, 0.3) is 0 Å². The Bertz CT molecular complexity index is 502. The molecule has 1 atom stereocenters. The molecular formula is C11H11ClN4S. The standard InChI is InChI=1S/C11H11ClN4S/c12-10-6-8(7-14-15-10)16-4-1-2-9(16)11-13-3-5-17-11/h3,5-7,9H,1-2,4H2. The molecule has 4 nitrogen and oxygen atoms in total. The number of nitrogens with zero attached hydrogens (tertiary/aromatic N) is 4. The van der Waals surface area contributed by atoms with Gasteiger partial charge in [-0.3, -0.25) is 0 Å². The fourth-order valence-electron chi connectivity index (χ4n) is 2.22. The molecule has 3 rings (SSSR count). The van der Waals surface area contributed by atoms with Crippen molar-refractivity contribution in [2.24, 2.45) is 0 Å². The van der Waals surface area contributed by atoms with Gasteiger partial charge in [0.1, 0.15) is 5.01 Å². The SMILES string of the molecule is Clc1cc(N2CCCC2c2nccs2)cnn1. The van der Waals surface area contributed by atoms with Gasteiger partial charge in [-0.2, -0.15) is 5.10 Å². The van der Waals surface area contributed by atoms with Gasteiger partial charge in [-0.1, -0.05) is 11.6 Å². The van der Waals surface area contributed by atoms with Crippen LogP contribution in [0.4, 0.5) is 5.69 Å². The molecule has 17 heavy (non-hydrogen) atoms. The summed E-state index contributed by atoms with van der Waals surface area (Å²) in [5.74, 6) is 0. The molecule has 88 valence electrons. The summed E-state index contributed by atoms with van der Waals surface area (Å²) < 4.78 is 0. The number of rotatable bonds is 2. The monoisotopic (exact) mass is 266 g/mol. The van der Waals surface area contributed by atoms with Crippen molar-refractivity contribution in [3.8, 4) is 0 Å². The van der Waals surface area contributed by atoms with Crippen LogP contribution in [0, 0.1) is 0 Å². The van der Waals surface area contributed by atoms with Gasteiger partial charge in [0, 0.05) is 24.2 Å². The molecule has 0 aliphatic carbocycles. The first kappa shape index (κ1) is 10.9. The van der Waals surface area contributed by atoms with Crippen LogP contribution in [0.3, 0.4) is 0 Å². The Morgan fingerprint density at radius 2 is 2.41 bits per heavy atom. The van der Waals surface area contributed by atoms with Crippen molar-refractivity contribution in [2.75, 3.05) is 11.4 Å². The Balaban J connectivity index is 1.92. The van der Waals surface area contributed by atoms with Crippen molar-refractivity contribution >= 4 is 28.6 Å². The van der Waals surface area contributed by atoms with Crippen LogP contribution in [0.15, 0.2) is 23.8 Å². The molecule has 1 aliphatic heterocycles. The minimum Gasteiger partial charge on any atom is -0.361 e. The molecule has 2 aromatic rings. The molecule has 1 aliphatic rings. The number of halogens is 1. The lowest BCUT2D eigenvalue weighted by Crippen LogP contribution is -2.22. The highest BCUT2D eigenvalue weighted by Gasteiger charge is 2.28. The Hall–Kier alpha value is -1.20. The van der Waals surface area contributed by atoms with E-state index in [2.05, 4.69) is 20.1 Å². The molecule has 1 saturated heterocycles. The molecule has 1 unspecified atom stereocenters. The normalized spacial score (nSPS) is 19.8. The van der Waals surface area contributed by atoms with Crippen molar-refractivity contribution in [1.82, 2.24) is 15.2 Å². The van der Waals surface area contributed by atoms with Crippen molar-refractivity contribution in [3.63, 3.8) is 0 Å². The van der Waals surface area contributed by atoms with E-state index in [0.717, 1.165) is 23.7 Å². The maximum Gasteiger partial charge on any atom is 0.153 e. The summed E-state index contributed by atoms with van der Waals surface area (Å²) >= 11 is 7.58. The van der Waals surface area contributed by atoms with Crippen molar-refractivity contribution in [2.45, 2.75) is 18.9 Å². The van der Waals surface area contributed by atoms with E-state index in [1.807, 2.05) is 17.6 Å². The number of thiazole rings is 1. The average Bonchev–Trinajstić information content (AvgIpc) is 3.00. The van der Waals surface area contributed by atoms with Gasteiger partial charge in [0.05, 0.1) is 17.9 Å². The molecule has 0 N–H and O–H groups in total. The maximum atomic E-state index is 5.88. The molecule has 0 amide bonds. The van der Waals surface area contributed by atoms with E-state index in [1.165, 1.54) is 6.42 Å². The predicted molar refractivity (Wildman–Crippen MR) is 68.5 cm³/mol. The summed E-state index contributed by atoms with van der Waals surface area (Å²) in [7, 11) is 0. The molecular weight excluding hydrogens is 256 g/mol. The van der Waals surface area contributed by atoms with Gasteiger partial charge in [-0.15, -0.1) is 16.4 Å². The highest BCUT2D eigenvalue weighted by molar-refractivity contribution is 7.09. The third kappa shape index (κ3) is 2.12. The molecule has 2 aromatic heterocycles. The van der Waals surface area contributed by atoms with Gasteiger partial charge in [0.15, 0.2) is 5.15 Å². The van der Waals surface area contributed by atoms with E-state index in [-0.39, 0.29) is 0 Å². The number of anilines is 1. The van der Waals surface area contributed by atoms with Crippen LogP contribution in [-0.2, 0) is 0 Å². The summed E-state index contributed by atoms with van der Waals surface area (Å²) in [6, 6.07) is 2.22. The maximum absolute atomic E-state index is 5.88. The second-order valence-electron chi connectivity index (χ2n) is 3.96. The van der Waals surface area contributed by atoms with Crippen molar-refractivity contribution in [3.05, 3.63) is 34.0 Å². The quantitative estimate of drug-likeness (QED) is 0.838. The third-order valence-corrected chi connectivity index (χ3v) is 3.99. The minimum atomic E-state index is 0.357. The molecule has 0 radical (unpaired) electrons. The Morgan fingerprint density at radius 3 is 3.18 bits per heavy atom. The van der Waals surface area contributed by atoms with E-state index >= 15 is 0 Å². The zero-order chi connectivity index (χ0) is 11.7. The largest absolute Gasteiger partial charge is 0.361 e. The highest BCUT2D eigenvalue weighted by Crippen LogP contribution is 2.36. The van der Waals surface area contributed by atoms with Crippen molar-refractivity contribution < 1.29 is 0 Å². The predicted octanol–water partition coefficient (Wildman–Crippen LogP) is 2.93. The summed E-state index contributed by atoms with van der Waals surface area (Å²) in [6.07, 6.45) is 5.92. The first-order valence-corrected chi connectivity index (χ1v) is 6.74. The molecule has 1 fully saturated rings. The van der Waals surface area contributed by atoms with E-state index in [0.29, 0.717) is 11.2 Å². The van der Waals surface area contributed by atoms with E-state index in [9.17, 15) is 0 Å². The molecule has 0 bridgehead atoms. The lowest BCUT2D eigenvalue weighted by Gasteiger charge is -2.24. The van der Waals surface area contributed by atoms with Crippen LogP contribution in [-0.4, -0.2) is 21.7 Å². The van der Waals surface area contributed by atoms with Gasteiger partial charge in [-0.05, 0) is 12.8 Å². The average molecular weight is 267 g/mol. The topological polar surface area (TPSA) is 41.9 Å². The van der Waals surface area contributed by atoms with Crippen LogP contribution >= 0.6 is 22.9 Å². The minimum absolute atomic E-state index is 0.357. The van der Waals surface area contributed by atoms with Gasteiger partial charge in [0.25, 0.3) is 0 Å².